The van der Waals surface area contributed by atoms with Crippen LogP contribution in [0.1, 0.15) is 10.4 Å². The van der Waals surface area contributed by atoms with Gasteiger partial charge in [-0.05, 0) is 42.0 Å². The van der Waals surface area contributed by atoms with Crippen LogP contribution in [0.4, 0.5) is 5.13 Å². The van der Waals surface area contributed by atoms with E-state index in [2.05, 4.69) is 9.98 Å². The molecule has 3 aromatic rings. The van der Waals surface area contributed by atoms with Crippen LogP contribution in [-0.4, -0.2) is 31.4 Å². The van der Waals surface area contributed by atoms with Gasteiger partial charge in [-0.25, -0.2) is 9.98 Å². The first-order valence-electron chi connectivity index (χ1n) is 8.09. The van der Waals surface area contributed by atoms with Crippen LogP contribution in [0.5, 0.6) is 5.75 Å². The van der Waals surface area contributed by atoms with Gasteiger partial charge in [-0.15, -0.1) is 0 Å². The highest BCUT2D eigenvalue weighted by molar-refractivity contribution is 7.15. The fourth-order valence-corrected chi connectivity index (χ4v) is 3.41. The van der Waals surface area contributed by atoms with Gasteiger partial charge in [0.1, 0.15) is 5.75 Å². The SMILES string of the molecule is COC(=O)Cc1sc(N=Cc2ccc(OC)cc2)nc1-c1ccc(Cl)cc1. The molecule has 0 spiro atoms. The third-order valence-electron chi connectivity index (χ3n) is 3.78. The summed E-state index contributed by atoms with van der Waals surface area (Å²) in [6.07, 6.45) is 1.87. The van der Waals surface area contributed by atoms with Crippen LogP contribution >= 0.6 is 22.9 Å². The maximum Gasteiger partial charge on any atom is 0.310 e. The Balaban J connectivity index is 1.90. The largest absolute Gasteiger partial charge is 0.497 e. The second-order valence-electron chi connectivity index (χ2n) is 5.56. The number of aromatic nitrogens is 1. The maximum atomic E-state index is 11.8. The van der Waals surface area contributed by atoms with Crippen LogP contribution in [0.15, 0.2) is 53.5 Å². The van der Waals surface area contributed by atoms with E-state index in [4.69, 9.17) is 21.1 Å². The summed E-state index contributed by atoms with van der Waals surface area (Å²) in [6, 6.07) is 14.9. The second-order valence-corrected chi connectivity index (χ2v) is 7.06. The molecule has 138 valence electrons. The number of benzene rings is 2. The molecule has 0 atom stereocenters. The Morgan fingerprint density at radius 2 is 1.85 bits per heavy atom. The Kier molecular flexibility index (Phi) is 6.21. The molecule has 0 N–H and O–H groups in total. The Morgan fingerprint density at radius 3 is 2.48 bits per heavy atom. The lowest BCUT2D eigenvalue weighted by molar-refractivity contribution is -0.139. The molecule has 0 fully saturated rings. The molecule has 0 saturated carbocycles. The molecule has 1 aromatic heterocycles. The molecule has 1 heterocycles. The average Bonchev–Trinajstić information content (AvgIpc) is 3.09. The molecule has 0 aliphatic heterocycles. The Bertz CT molecular complexity index is 950. The standard InChI is InChI=1S/C20H17ClN2O3S/c1-25-16-9-3-13(4-10-16)12-22-20-23-19(14-5-7-15(21)8-6-14)17(27-20)11-18(24)26-2/h3-10,12H,11H2,1-2H3. The summed E-state index contributed by atoms with van der Waals surface area (Å²) in [7, 11) is 2.99. The maximum absolute atomic E-state index is 11.8. The van der Waals surface area contributed by atoms with E-state index < -0.39 is 0 Å². The van der Waals surface area contributed by atoms with E-state index in [0.717, 1.165) is 21.8 Å². The van der Waals surface area contributed by atoms with Crippen molar-refractivity contribution in [2.24, 2.45) is 4.99 Å². The van der Waals surface area contributed by atoms with Crippen molar-refractivity contribution in [3.63, 3.8) is 0 Å². The number of thiazole rings is 1. The zero-order chi connectivity index (χ0) is 19.2. The van der Waals surface area contributed by atoms with Gasteiger partial charge in [0.25, 0.3) is 0 Å². The zero-order valence-electron chi connectivity index (χ0n) is 14.8. The highest BCUT2D eigenvalue weighted by Gasteiger charge is 2.16. The van der Waals surface area contributed by atoms with Gasteiger partial charge in [-0.1, -0.05) is 35.1 Å². The number of rotatable bonds is 6. The number of esters is 1. The summed E-state index contributed by atoms with van der Waals surface area (Å²) in [6.45, 7) is 0. The minimum Gasteiger partial charge on any atom is -0.497 e. The second kappa shape index (κ2) is 8.79. The van der Waals surface area contributed by atoms with Crippen molar-refractivity contribution in [1.29, 1.82) is 0 Å². The topological polar surface area (TPSA) is 60.8 Å². The number of nitrogens with zero attached hydrogens (tertiary/aromatic N) is 2. The Labute approximate surface area is 166 Å². The van der Waals surface area contributed by atoms with E-state index in [1.165, 1.54) is 18.4 Å². The van der Waals surface area contributed by atoms with Gasteiger partial charge in [0, 0.05) is 21.7 Å². The quantitative estimate of drug-likeness (QED) is 0.434. The number of ether oxygens (including phenoxy) is 2. The lowest BCUT2D eigenvalue weighted by Crippen LogP contribution is -2.03. The van der Waals surface area contributed by atoms with Gasteiger partial charge in [0.15, 0.2) is 0 Å². The van der Waals surface area contributed by atoms with Crippen molar-refractivity contribution in [2.75, 3.05) is 14.2 Å². The third-order valence-corrected chi connectivity index (χ3v) is 4.99. The number of hydrogen-bond acceptors (Lipinski definition) is 6. The first-order chi connectivity index (χ1) is 13.1. The molecule has 0 bridgehead atoms. The summed E-state index contributed by atoms with van der Waals surface area (Å²) >= 11 is 7.33. The number of aliphatic imine (C=N–C) groups is 1. The van der Waals surface area contributed by atoms with Crippen molar-refractivity contribution < 1.29 is 14.3 Å². The van der Waals surface area contributed by atoms with Crippen LogP contribution < -0.4 is 4.74 Å². The fraction of sp³-hybridized carbons (Fsp3) is 0.150. The van der Waals surface area contributed by atoms with Crippen LogP contribution in [0.3, 0.4) is 0 Å². The molecular formula is C20H17ClN2O3S. The van der Waals surface area contributed by atoms with E-state index in [-0.39, 0.29) is 12.4 Å². The molecule has 27 heavy (non-hydrogen) atoms. The van der Waals surface area contributed by atoms with Crippen molar-refractivity contribution in [3.05, 3.63) is 64.0 Å². The van der Waals surface area contributed by atoms with Gasteiger partial charge < -0.3 is 9.47 Å². The first kappa shape index (κ1) is 19.1. The Morgan fingerprint density at radius 1 is 1.15 bits per heavy atom. The number of halogens is 1. The number of hydrogen-bond donors (Lipinski definition) is 0. The molecule has 0 unspecified atom stereocenters. The Hall–Kier alpha value is -2.70. The minimum atomic E-state index is -0.320. The van der Waals surface area contributed by atoms with Crippen LogP contribution in [0.2, 0.25) is 5.02 Å². The molecule has 5 nitrogen and oxygen atoms in total. The zero-order valence-corrected chi connectivity index (χ0v) is 16.4. The summed E-state index contributed by atoms with van der Waals surface area (Å²) in [5.41, 5.74) is 2.51. The van der Waals surface area contributed by atoms with E-state index >= 15 is 0 Å². The van der Waals surface area contributed by atoms with Gasteiger partial charge in [-0.2, -0.15) is 0 Å². The average molecular weight is 401 g/mol. The number of carbonyl (C=O) groups excluding carboxylic acids is 1. The molecular weight excluding hydrogens is 384 g/mol. The molecule has 7 heteroatoms. The van der Waals surface area contributed by atoms with Gasteiger partial charge in [-0.3, -0.25) is 4.79 Å². The third kappa shape index (κ3) is 4.93. The van der Waals surface area contributed by atoms with Crippen LogP contribution in [0, 0.1) is 0 Å². The molecule has 3 rings (SSSR count). The monoisotopic (exact) mass is 400 g/mol. The summed E-state index contributed by atoms with van der Waals surface area (Å²) in [4.78, 5) is 21.6. The number of methoxy groups -OCH3 is 2. The lowest BCUT2D eigenvalue weighted by Gasteiger charge is -2.01. The van der Waals surface area contributed by atoms with Gasteiger partial charge >= 0.3 is 5.97 Å². The molecule has 2 aromatic carbocycles. The fourth-order valence-electron chi connectivity index (χ4n) is 2.37. The molecule has 0 aliphatic rings. The molecule has 0 amide bonds. The van der Waals surface area contributed by atoms with E-state index in [0.29, 0.717) is 15.8 Å². The summed E-state index contributed by atoms with van der Waals surface area (Å²) < 4.78 is 9.94. The first-order valence-corrected chi connectivity index (χ1v) is 9.29. The predicted octanol–water partition coefficient (Wildman–Crippen LogP) is 4.94. The highest BCUT2D eigenvalue weighted by atomic mass is 35.5. The number of carbonyl (C=O) groups is 1. The predicted molar refractivity (Wildman–Crippen MR) is 109 cm³/mol. The summed E-state index contributed by atoms with van der Waals surface area (Å²) in [5, 5.41) is 1.20. The van der Waals surface area contributed by atoms with E-state index in [9.17, 15) is 4.79 Å². The van der Waals surface area contributed by atoms with Crippen LogP contribution in [0.25, 0.3) is 11.3 Å². The van der Waals surface area contributed by atoms with Crippen LogP contribution in [-0.2, 0) is 16.0 Å². The van der Waals surface area contributed by atoms with Gasteiger partial charge in [0.2, 0.25) is 5.13 Å². The minimum absolute atomic E-state index is 0.143. The molecule has 0 radical (unpaired) electrons. The smallest absolute Gasteiger partial charge is 0.310 e. The van der Waals surface area contributed by atoms with Gasteiger partial charge in [0.05, 0.1) is 26.3 Å². The lowest BCUT2D eigenvalue weighted by atomic mass is 10.1. The summed E-state index contributed by atoms with van der Waals surface area (Å²) in [5.74, 6) is 0.464. The van der Waals surface area contributed by atoms with E-state index in [1.807, 2.05) is 36.4 Å². The highest BCUT2D eigenvalue weighted by Crippen LogP contribution is 2.33. The molecule has 0 aliphatic carbocycles. The normalized spacial score (nSPS) is 10.9. The van der Waals surface area contributed by atoms with Crippen molar-refractivity contribution in [1.82, 2.24) is 4.98 Å². The van der Waals surface area contributed by atoms with Crippen molar-refractivity contribution >= 4 is 40.3 Å². The molecule has 0 saturated heterocycles. The van der Waals surface area contributed by atoms with E-state index in [1.54, 1.807) is 25.5 Å². The van der Waals surface area contributed by atoms with Crippen molar-refractivity contribution in [2.45, 2.75) is 6.42 Å². The van der Waals surface area contributed by atoms with Crippen molar-refractivity contribution in [3.8, 4) is 17.0 Å².